The number of hydrogen-bond donors (Lipinski definition) is 2. The first-order chi connectivity index (χ1) is 20.6. The van der Waals surface area contributed by atoms with Crippen molar-refractivity contribution in [3.05, 3.63) is 52.2 Å². The van der Waals surface area contributed by atoms with Gasteiger partial charge < -0.3 is 25.0 Å². The van der Waals surface area contributed by atoms with Crippen LogP contribution in [0.25, 0.3) is 11.3 Å². The largest absolute Gasteiger partial charge is 0.488 e. The quantitative estimate of drug-likeness (QED) is 0.360. The summed E-state index contributed by atoms with van der Waals surface area (Å²) in [6, 6.07) is 7.61. The highest BCUT2D eigenvalue weighted by Crippen LogP contribution is 2.49. The van der Waals surface area contributed by atoms with Gasteiger partial charge in [0, 0.05) is 42.7 Å². The maximum atomic E-state index is 13.2. The first kappa shape index (κ1) is 30.8. The summed E-state index contributed by atoms with van der Waals surface area (Å²) in [5, 5.41) is 6.47. The molecule has 3 aliphatic rings. The average molecular weight is 619 g/mol. The van der Waals surface area contributed by atoms with Crippen LogP contribution < -0.4 is 20.1 Å². The lowest BCUT2D eigenvalue weighted by Crippen LogP contribution is -2.63. The van der Waals surface area contributed by atoms with E-state index in [1.165, 1.54) is 0 Å². The minimum absolute atomic E-state index is 0.107. The molecule has 3 aromatic rings. The molecule has 5 heterocycles. The fourth-order valence-electron chi connectivity index (χ4n) is 5.72. The van der Waals surface area contributed by atoms with Crippen LogP contribution in [0.5, 0.6) is 11.6 Å². The third-order valence-electron chi connectivity index (χ3n) is 7.51. The molecule has 0 aromatic carbocycles. The van der Waals surface area contributed by atoms with Crippen molar-refractivity contribution in [2.24, 2.45) is 5.41 Å². The molecule has 0 bridgehead atoms. The van der Waals surface area contributed by atoms with Crippen LogP contribution in [0.4, 0.5) is 13.2 Å². The molecule has 3 fully saturated rings. The van der Waals surface area contributed by atoms with Crippen LogP contribution in [0, 0.1) is 5.41 Å². The normalized spacial score (nSPS) is 19.5. The molecule has 230 valence electrons. The summed E-state index contributed by atoms with van der Waals surface area (Å²) in [7, 11) is 2.15. The predicted octanol–water partition coefficient (Wildman–Crippen LogP) is 4.08. The minimum atomic E-state index is -4.44. The monoisotopic (exact) mass is 618 g/mol. The van der Waals surface area contributed by atoms with Crippen LogP contribution in [-0.2, 0) is 6.18 Å². The van der Waals surface area contributed by atoms with E-state index in [4.69, 9.17) is 14.5 Å². The number of amides is 1. The molecule has 2 N–H and O–H groups in total. The number of nitrogens with zero attached hydrogens (tertiary/aromatic N) is 4. The molecular formula is C29H33F3N6O4S. The minimum Gasteiger partial charge on any atom is -0.488 e. The molecule has 1 saturated carbocycles. The lowest BCUT2D eigenvalue weighted by Gasteiger charge is -2.57. The standard InChI is InChI=1S/C24H31N5O3.C5H2F3NOS/c1-3-31-23-18(5-4-9-26-23)19-6-7-20(32-17-11-24(12-17)14-29(2)15-24)21(28-19)22(30)27-16-8-10-25-13-16;6-5(7,8)4-9-3(1-10)2-11-4/h4-7,9,16-17,25H,3,8,10-15H2,1-2H3,(H,27,30);1-2H. The summed E-state index contributed by atoms with van der Waals surface area (Å²) in [5.41, 5.74) is 1.97. The SMILES string of the molecule is CCOc1ncccc1-c1ccc(OC2CC3(C2)CN(C)C3)c(C(=O)NC2CCNC2)n1.O=Cc1csc(C(F)(F)F)n1. The van der Waals surface area contributed by atoms with Gasteiger partial charge in [0.2, 0.25) is 5.88 Å². The summed E-state index contributed by atoms with van der Waals surface area (Å²) in [5.74, 6) is 0.860. The Morgan fingerprint density at radius 2 is 2.05 bits per heavy atom. The number of carbonyl (C=O) groups is 2. The van der Waals surface area contributed by atoms with E-state index < -0.39 is 11.2 Å². The topological polar surface area (TPSA) is 119 Å². The number of thiazole rings is 1. The van der Waals surface area contributed by atoms with Crippen LogP contribution in [0.1, 0.15) is 52.2 Å². The zero-order valence-electron chi connectivity index (χ0n) is 23.8. The van der Waals surface area contributed by atoms with Gasteiger partial charge in [-0.25, -0.2) is 15.0 Å². The number of ether oxygens (including phenoxy) is 2. The Morgan fingerprint density at radius 1 is 1.26 bits per heavy atom. The van der Waals surface area contributed by atoms with Gasteiger partial charge in [0.05, 0.1) is 17.9 Å². The van der Waals surface area contributed by atoms with Crippen LogP contribution >= 0.6 is 11.3 Å². The average Bonchev–Trinajstić information content (AvgIpc) is 3.65. The van der Waals surface area contributed by atoms with Gasteiger partial charge in [-0.3, -0.25) is 9.59 Å². The second-order valence-electron chi connectivity index (χ2n) is 11.0. The van der Waals surface area contributed by atoms with E-state index in [0.717, 1.165) is 56.4 Å². The van der Waals surface area contributed by atoms with E-state index in [1.54, 1.807) is 6.20 Å². The second-order valence-corrected chi connectivity index (χ2v) is 11.9. The molecule has 43 heavy (non-hydrogen) atoms. The van der Waals surface area contributed by atoms with E-state index in [0.29, 0.717) is 46.4 Å². The van der Waals surface area contributed by atoms with Crippen molar-refractivity contribution in [3.63, 3.8) is 0 Å². The summed E-state index contributed by atoms with van der Waals surface area (Å²) in [6.45, 7) is 6.38. The lowest BCUT2D eigenvalue weighted by molar-refractivity contribution is -0.137. The Balaban J connectivity index is 0.000000283. The Labute approximate surface area is 251 Å². The highest BCUT2D eigenvalue weighted by molar-refractivity contribution is 7.09. The van der Waals surface area contributed by atoms with E-state index in [1.807, 2.05) is 31.2 Å². The molecule has 14 heteroatoms. The van der Waals surface area contributed by atoms with Gasteiger partial charge in [-0.1, -0.05) is 0 Å². The smallest absolute Gasteiger partial charge is 0.443 e. The van der Waals surface area contributed by atoms with E-state index in [2.05, 4.69) is 32.5 Å². The van der Waals surface area contributed by atoms with Crippen molar-refractivity contribution in [1.29, 1.82) is 0 Å². The molecule has 1 amide bonds. The molecule has 2 aliphatic heterocycles. The molecule has 6 rings (SSSR count). The van der Waals surface area contributed by atoms with Gasteiger partial charge in [-0.15, -0.1) is 11.3 Å². The van der Waals surface area contributed by atoms with Crippen molar-refractivity contribution in [2.75, 3.05) is 39.8 Å². The number of likely N-dealkylation sites (tertiary alicyclic amines) is 1. The summed E-state index contributed by atoms with van der Waals surface area (Å²) < 4.78 is 47.3. The Kier molecular flexibility index (Phi) is 9.28. The van der Waals surface area contributed by atoms with Crippen molar-refractivity contribution < 1.29 is 32.2 Å². The highest BCUT2D eigenvalue weighted by atomic mass is 32.1. The number of alkyl halides is 3. The number of aldehydes is 1. The molecule has 1 unspecified atom stereocenters. The zero-order valence-corrected chi connectivity index (χ0v) is 24.6. The molecular weight excluding hydrogens is 585 g/mol. The van der Waals surface area contributed by atoms with Crippen LogP contribution in [0.15, 0.2) is 35.8 Å². The molecule has 1 atom stereocenters. The number of rotatable bonds is 8. The number of hydrogen-bond acceptors (Lipinski definition) is 10. The zero-order chi connectivity index (χ0) is 30.6. The lowest BCUT2D eigenvalue weighted by atomic mass is 9.62. The third-order valence-corrected chi connectivity index (χ3v) is 8.41. The van der Waals surface area contributed by atoms with Gasteiger partial charge in [0.25, 0.3) is 5.91 Å². The summed E-state index contributed by atoms with van der Waals surface area (Å²) in [4.78, 5) is 37.6. The number of halogens is 3. The van der Waals surface area contributed by atoms with Crippen LogP contribution in [0.3, 0.4) is 0 Å². The fourth-order valence-corrected chi connectivity index (χ4v) is 6.35. The van der Waals surface area contributed by atoms with Gasteiger partial charge in [-0.2, -0.15) is 13.2 Å². The van der Waals surface area contributed by atoms with Crippen molar-refractivity contribution in [2.45, 2.75) is 44.5 Å². The number of aromatic nitrogens is 3. The number of pyridine rings is 2. The van der Waals surface area contributed by atoms with E-state index >= 15 is 0 Å². The molecule has 10 nitrogen and oxygen atoms in total. The maximum absolute atomic E-state index is 13.2. The number of nitrogens with one attached hydrogen (secondary N) is 2. The Morgan fingerprint density at radius 3 is 2.65 bits per heavy atom. The highest BCUT2D eigenvalue weighted by Gasteiger charge is 2.52. The fraction of sp³-hybridized carbons (Fsp3) is 0.483. The van der Waals surface area contributed by atoms with Crippen molar-refractivity contribution in [3.8, 4) is 22.9 Å². The van der Waals surface area contributed by atoms with E-state index in [-0.39, 0.29) is 30.0 Å². The first-order valence-corrected chi connectivity index (χ1v) is 14.9. The second kappa shape index (κ2) is 12.9. The van der Waals surface area contributed by atoms with Gasteiger partial charge >= 0.3 is 6.18 Å². The maximum Gasteiger partial charge on any atom is 0.443 e. The molecule has 2 saturated heterocycles. The summed E-state index contributed by atoms with van der Waals surface area (Å²) in [6.07, 6.45) is 0.646. The van der Waals surface area contributed by atoms with Gasteiger partial charge in [0.15, 0.2) is 22.7 Å². The van der Waals surface area contributed by atoms with Crippen molar-refractivity contribution in [1.82, 2.24) is 30.5 Å². The van der Waals surface area contributed by atoms with E-state index in [9.17, 15) is 22.8 Å². The molecule has 1 aliphatic carbocycles. The molecule has 3 aromatic heterocycles. The van der Waals surface area contributed by atoms with Gasteiger partial charge in [0.1, 0.15) is 11.8 Å². The first-order valence-electron chi connectivity index (χ1n) is 14.0. The Bertz CT molecular complexity index is 1430. The molecule has 0 radical (unpaired) electrons. The molecule has 1 spiro atoms. The van der Waals surface area contributed by atoms with Gasteiger partial charge in [-0.05, 0) is 64.0 Å². The van der Waals surface area contributed by atoms with Crippen LogP contribution in [0.2, 0.25) is 0 Å². The Hall–Kier alpha value is -3.62. The van der Waals surface area contributed by atoms with Crippen molar-refractivity contribution >= 4 is 23.5 Å². The van der Waals surface area contributed by atoms with Crippen LogP contribution in [-0.4, -0.2) is 84.0 Å². The number of carbonyl (C=O) groups excluding carboxylic acids is 2. The third kappa shape index (κ3) is 7.31. The predicted molar refractivity (Wildman–Crippen MR) is 153 cm³/mol. The summed E-state index contributed by atoms with van der Waals surface area (Å²) >= 11 is 0.414.